The Labute approximate surface area is 133 Å². The second-order valence-electron chi connectivity index (χ2n) is 4.83. The third kappa shape index (κ3) is 5.25. The third-order valence-electron chi connectivity index (χ3n) is 2.78. The van der Waals surface area contributed by atoms with Crippen LogP contribution in [0.2, 0.25) is 0 Å². The molecule has 0 aliphatic heterocycles. The molecule has 0 spiro atoms. The van der Waals surface area contributed by atoms with Gasteiger partial charge in [-0.25, -0.2) is 0 Å². The van der Waals surface area contributed by atoms with Crippen LogP contribution in [-0.2, 0) is 16.6 Å². The van der Waals surface area contributed by atoms with Gasteiger partial charge in [0, 0.05) is 25.0 Å². The molecule has 0 aliphatic rings. The van der Waals surface area contributed by atoms with Crippen molar-refractivity contribution < 1.29 is 9.59 Å². The van der Waals surface area contributed by atoms with E-state index in [1.54, 1.807) is 24.0 Å². The summed E-state index contributed by atoms with van der Waals surface area (Å²) < 4.78 is 1.61. The van der Waals surface area contributed by atoms with E-state index in [0.29, 0.717) is 5.82 Å². The number of aryl methyl sites for hydroxylation is 2. The van der Waals surface area contributed by atoms with Gasteiger partial charge in [0.25, 0.3) is 0 Å². The van der Waals surface area contributed by atoms with E-state index in [2.05, 4.69) is 15.7 Å². The van der Waals surface area contributed by atoms with Crippen LogP contribution in [0.3, 0.4) is 0 Å². The predicted molar refractivity (Wildman–Crippen MR) is 89.0 cm³/mol. The monoisotopic (exact) mass is 318 g/mol. The first-order valence-corrected chi connectivity index (χ1v) is 7.92. The molecule has 0 unspecified atom stereocenters. The molecular weight excluding hydrogens is 300 g/mol. The Kier molecular flexibility index (Phi) is 5.60. The van der Waals surface area contributed by atoms with Crippen molar-refractivity contribution in [3.8, 4) is 0 Å². The lowest BCUT2D eigenvalue weighted by molar-refractivity contribution is -0.114. The van der Waals surface area contributed by atoms with Crippen LogP contribution in [0.1, 0.15) is 5.56 Å². The molecule has 0 saturated heterocycles. The van der Waals surface area contributed by atoms with Gasteiger partial charge in [0.1, 0.15) is 0 Å². The lowest BCUT2D eigenvalue weighted by atomic mass is 10.2. The van der Waals surface area contributed by atoms with Crippen LogP contribution < -0.4 is 10.6 Å². The average Bonchev–Trinajstić information content (AvgIpc) is 2.86. The highest BCUT2D eigenvalue weighted by atomic mass is 32.2. The lowest BCUT2D eigenvalue weighted by Crippen LogP contribution is -2.18. The largest absolute Gasteiger partial charge is 0.325 e. The van der Waals surface area contributed by atoms with Gasteiger partial charge in [-0.15, -0.1) is 11.8 Å². The van der Waals surface area contributed by atoms with E-state index in [1.807, 2.05) is 31.2 Å². The van der Waals surface area contributed by atoms with Gasteiger partial charge in [-0.2, -0.15) is 5.10 Å². The average molecular weight is 318 g/mol. The number of rotatable bonds is 6. The summed E-state index contributed by atoms with van der Waals surface area (Å²) in [4.78, 5) is 23.4. The fraction of sp³-hybridized carbons (Fsp3) is 0.267. The highest BCUT2D eigenvalue weighted by molar-refractivity contribution is 8.00. The summed E-state index contributed by atoms with van der Waals surface area (Å²) in [5.41, 5.74) is 1.90. The number of hydrogen-bond acceptors (Lipinski definition) is 4. The van der Waals surface area contributed by atoms with Gasteiger partial charge in [-0.3, -0.25) is 14.3 Å². The summed E-state index contributed by atoms with van der Waals surface area (Å²) >= 11 is 1.26. The maximum absolute atomic E-state index is 11.8. The van der Waals surface area contributed by atoms with E-state index in [4.69, 9.17) is 0 Å². The molecule has 0 bridgehead atoms. The zero-order chi connectivity index (χ0) is 15.9. The van der Waals surface area contributed by atoms with Crippen LogP contribution in [-0.4, -0.2) is 33.1 Å². The molecule has 2 amide bonds. The van der Waals surface area contributed by atoms with Crippen molar-refractivity contribution in [1.82, 2.24) is 9.78 Å². The topological polar surface area (TPSA) is 76.0 Å². The van der Waals surface area contributed by atoms with Gasteiger partial charge in [-0.05, 0) is 19.1 Å². The van der Waals surface area contributed by atoms with Gasteiger partial charge in [0.15, 0.2) is 5.82 Å². The number of aromatic nitrogens is 2. The zero-order valence-electron chi connectivity index (χ0n) is 12.5. The SMILES string of the molecule is Cc1ccc(NC(=O)CSCC(=O)Nc2ccn(C)n2)cc1. The Morgan fingerprint density at radius 2 is 1.73 bits per heavy atom. The maximum Gasteiger partial charge on any atom is 0.235 e. The number of benzene rings is 1. The van der Waals surface area contributed by atoms with Crippen LogP contribution in [0.4, 0.5) is 11.5 Å². The number of carbonyl (C=O) groups excluding carboxylic acids is 2. The fourth-order valence-electron chi connectivity index (χ4n) is 1.73. The number of nitrogens with one attached hydrogen (secondary N) is 2. The Morgan fingerprint density at radius 1 is 1.09 bits per heavy atom. The van der Waals surface area contributed by atoms with Gasteiger partial charge in [0.2, 0.25) is 11.8 Å². The van der Waals surface area contributed by atoms with Crippen LogP contribution in [0.5, 0.6) is 0 Å². The zero-order valence-corrected chi connectivity index (χ0v) is 13.3. The summed E-state index contributed by atoms with van der Waals surface area (Å²) in [6.07, 6.45) is 1.75. The first kappa shape index (κ1) is 16.1. The third-order valence-corrected chi connectivity index (χ3v) is 3.72. The summed E-state index contributed by atoms with van der Waals surface area (Å²) in [7, 11) is 1.78. The minimum Gasteiger partial charge on any atom is -0.325 e. The molecular formula is C15H18N4O2S. The van der Waals surface area contributed by atoms with E-state index in [9.17, 15) is 9.59 Å². The second-order valence-corrected chi connectivity index (χ2v) is 5.82. The Bertz CT molecular complexity index is 652. The summed E-state index contributed by atoms with van der Waals surface area (Å²) in [6.45, 7) is 1.99. The van der Waals surface area contributed by atoms with E-state index < -0.39 is 0 Å². The molecule has 0 fully saturated rings. The molecule has 0 radical (unpaired) electrons. The first-order valence-electron chi connectivity index (χ1n) is 6.77. The number of anilines is 2. The molecule has 1 aromatic carbocycles. The number of thioether (sulfide) groups is 1. The fourth-order valence-corrected chi connectivity index (χ4v) is 2.35. The van der Waals surface area contributed by atoms with Crippen LogP contribution in [0.15, 0.2) is 36.5 Å². The smallest absolute Gasteiger partial charge is 0.235 e. The second kappa shape index (κ2) is 7.65. The van der Waals surface area contributed by atoms with Crippen molar-refractivity contribution in [2.45, 2.75) is 6.92 Å². The maximum atomic E-state index is 11.8. The minimum atomic E-state index is -0.174. The van der Waals surface area contributed by atoms with Gasteiger partial charge < -0.3 is 10.6 Å². The quantitative estimate of drug-likeness (QED) is 0.854. The first-order chi connectivity index (χ1) is 10.5. The minimum absolute atomic E-state index is 0.125. The van der Waals surface area contributed by atoms with Crippen molar-refractivity contribution in [1.29, 1.82) is 0 Å². The van der Waals surface area contributed by atoms with Gasteiger partial charge in [0.05, 0.1) is 11.5 Å². The van der Waals surface area contributed by atoms with Crippen molar-refractivity contribution in [2.75, 3.05) is 22.1 Å². The predicted octanol–water partition coefficient (Wildman–Crippen LogP) is 2.04. The number of nitrogens with zero attached hydrogens (tertiary/aromatic N) is 2. The van der Waals surface area contributed by atoms with E-state index in [-0.39, 0.29) is 23.3 Å². The molecule has 22 heavy (non-hydrogen) atoms. The van der Waals surface area contributed by atoms with Crippen LogP contribution in [0, 0.1) is 6.92 Å². The van der Waals surface area contributed by atoms with Crippen LogP contribution >= 0.6 is 11.8 Å². The van der Waals surface area contributed by atoms with Gasteiger partial charge in [-0.1, -0.05) is 17.7 Å². The Balaban J connectivity index is 1.68. The standard InChI is InChI=1S/C15H18N4O2S/c1-11-3-5-12(6-4-11)16-14(20)9-22-10-15(21)17-13-7-8-19(2)18-13/h3-8H,9-10H2,1-2H3,(H,16,20)(H,17,18,21). The highest BCUT2D eigenvalue weighted by Gasteiger charge is 2.07. The summed E-state index contributed by atoms with van der Waals surface area (Å²) in [5.74, 6) is 0.644. The van der Waals surface area contributed by atoms with E-state index >= 15 is 0 Å². The molecule has 7 heteroatoms. The van der Waals surface area contributed by atoms with Crippen molar-refractivity contribution >= 4 is 35.1 Å². The number of hydrogen-bond donors (Lipinski definition) is 2. The molecule has 2 aromatic rings. The van der Waals surface area contributed by atoms with Crippen molar-refractivity contribution in [2.24, 2.45) is 7.05 Å². The van der Waals surface area contributed by atoms with Gasteiger partial charge >= 0.3 is 0 Å². The van der Waals surface area contributed by atoms with Crippen molar-refractivity contribution in [3.05, 3.63) is 42.1 Å². The molecule has 2 rings (SSSR count). The molecule has 2 N–H and O–H groups in total. The molecule has 1 aromatic heterocycles. The molecule has 0 atom stereocenters. The van der Waals surface area contributed by atoms with E-state index in [1.165, 1.54) is 11.8 Å². The van der Waals surface area contributed by atoms with E-state index in [0.717, 1.165) is 11.3 Å². The number of carbonyl (C=O) groups is 2. The molecule has 116 valence electrons. The Morgan fingerprint density at radius 3 is 2.32 bits per heavy atom. The normalized spacial score (nSPS) is 10.3. The summed E-state index contributed by atoms with van der Waals surface area (Å²) in [5, 5.41) is 9.51. The molecule has 0 aliphatic carbocycles. The van der Waals surface area contributed by atoms with Crippen LogP contribution in [0.25, 0.3) is 0 Å². The molecule has 1 heterocycles. The molecule has 0 saturated carbocycles. The van der Waals surface area contributed by atoms with Crippen molar-refractivity contribution in [3.63, 3.8) is 0 Å². The lowest BCUT2D eigenvalue weighted by Gasteiger charge is -2.05. The summed E-state index contributed by atoms with van der Waals surface area (Å²) in [6, 6.07) is 9.29. The highest BCUT2D eigenvalue weighted by Crippen LogP contribution is 2.10. The molecule has 6 nitrogen and oxygen atoms in total. The number of amides is 2. The Hall–Kier alpha value is -2.28.